The third-order valence-electron chi connectivity index (χ3n) is 11.1. The minimum absolute atomic E-state index is 0.0478. The highest BCUT2D eigenvalue weighted by molar-refractivity contribution is 5.85. The molecule has 0 unspecified atom stereocenters. The Morgan fingerprint density at radius 2 is 1.69 bits per heavy atom. The van der Waals surface area contributed by atoms with Gasteiger partial charge in [0, 0.05) is 43.3 Å². The molecule has 2 fully saturated rings. The van der Waals surface area contributed by atoms with Gasteiger partial charge < -0.3 is 14.3 Å². The van der Waals surface area contributed by atoms with E-state index in [0.29, 0.717) is 59.5 Å². The van der Waals surface area contributed by atoms with Gasteiger partial charge in [0.05, 0.1) is 24.3 Å². The number of oxazole rings is 1. The molecule has 1 N–H and O–H groups in total. The molecule has 0 radical (unpaired) electrons. The number of nitrogens with zero attached hydrogens (tertiary/aromatic N) is 4. The SMILES string of the molecule is COc1cc(/C=C/c2cccc(-c3cccc(-c4nc5cc(CN6CC[C@@H](O)C6)cc(C#N)c5o4)c3C)c2C)c(C(F)(F)F)cc1CN1CCCC[C@H]1C. The van der Waals surface area contributed by atoms with Crippen LogP contribution in [0.1, 0.15) is 77.1 Å². The second kappa shape index (κ2) is 15.4. The summed E-state index contributed by atoms with van der Waals surface area (Å²) in [7, 11) is 1.51. The van der Waals surface area contributed by atoms with E-state index < -0.39 is 11.7 Å². The smallest absolute Gasteiger partial charge is 0.417 e. The molecule has 0 bridgehead atoms. The number of aliphatic hydroxyl groups is 1. The fourth-order valence-corrected chi connectivity index (χ4v) is 8.01. The highest BCUT2D eigenvalue weighted by Crippen LogP contribution is 2.39. The predicted molar refractivity (Wildman–Crippen MR) is 206 cm³/mol. The minimum Gasteiger partial charge on any atom is -0.496 e. The Labute approximate surface area is 314 Å². The van der Waals surface area contributed by atoms with Gasteiger partial charge in [-0.05, 0) is 116 Å². The van der Waals surface area contributed by atoms with Gasteiger partial charge in [0.25, 0.3) is 0 Å². The molecule has 2 aliphatic heterocycles. The molecule has 54 heavy (non-hydrogen) atoms. The first-order chi connectivity index (χ1) is 25.9. The first-order valence-corrected chi connectivity index (χ1v) is 18.6. The van der Waals surface area contributed by atoms with Gasteiger partial charge in [-0.15, -0.1) is 0 Å². The quantitative estimate of drug-likeness (QED) is 0.151. The van der Waals surface area contributed by atoms with E-state index in [2.05, 4.69) is 22.8 Å². The zero-order chi connectivity index (χ0) is 38.1. The molecule has 0 saturated carbocycles. The zero-order valence-corrected chi connectivity index (χ0v) is 31.1. The standard InChI is InChI=1S/C44H45F3N4O3/c1-27-9-5-6-17-51(27)25-34-21-39(44(45,46)47)32(22-41(34)53-4)15-14-31-10-7-11-36(28(31)2)37-12-8-13-38(29(37)3)43-49-40-20-30(19-33(23-48)42(40)54-43)24-50-18-16-35(52)26-50/h7-8,10-15,19-22,27,35,52H,5-6,9,16-18,24-26H2,1-4H3/b15-14+/t27-,35-/m1/s1. The molecule has 1 aromatic heterocycles. The van der Waals surface area contributed by atoms with E-state index >= 15 is 0 Å². The Balaban J connectivity index is 1.20. The summed E-state index contributed by atoms with van der Waals surface area (Å²) in [6.07, 6.45) is 2.32. The van der Waals surface area contributed by atoms with E-state index in [1.54, 1.807) is 6.08 Å². The van der Waals surface area contributed by atoms with Crippen LogP contribution in [0.2, 0.25) is 0 Å². The van der Waals surface area contributed by atoms with E-state index in [9.17, 15) is 23.5 Å². The van der Waals surface area contributed by atoms with Gasteiger partial charge in [-0.25, -0.2) is 4.98 Å². The van der Waals surface area contributed by atoms with E-state index in [1.807, 2.05) is 62.4 Å². The number of alkyl halides is 3. The monoisotopic (exact) mass is 734 g/mol. The van der Waals surface area contributed by atoms with Crippen molar-refractivity contribution in [1.29, 1.82) is 5.26 Å². The minimum atomic E-state index is -4.54. The van der Waals surface area contributed by atoms with Crippen LogP contribution in [-0.4, -0.2) is 58.8 Å². The number of methoxy groups -OCH3 is 1. The second-order valence-electron chi connectivity index (χ2n) is 14.7. The number of aliphatic hydroxyl groups excluding tert-OH is 1. The molecule has 0 spiro atoms. The van der Waals surface area contributed by atoms with Gasteiger partial charge in [0.1, 0.15) is 17.3 Å². The summed E-state index contributed by atoms with van der Waals surface area (Å²) in [4.78, 5) is 9.21. The Kier molecular flexibility index (Phi) is 10.7. The van der Waals surface area contributed by atoms with Crippen molar-refractivity contribution in [2.45, 2.75) is 77.9 Å². The number of nitriles is 1. The number of likely N-dealkylation sites (tertiary alicyclic amines) is 2. The lowest BCUT2D eigenvalue weighted by Crippen LogP contribution is -2.36. The van der Waals surface area contributed by atoms with E-state index in [1.165, 1.54) is 25.3 Å². The topological polar surface area (TPSA) is 85.8 Å². The number of hydrogen-bond donors (Lipinski definition) is 1. The number of piperidine rings is 1. The van der Waals surface area contributed by atoms with Gasteiger partial charge in [-0.2, -0.15) is 18.4 Å². The summed E-state index contributed by atoms with van der Waals surface area (Å²) in [6.45, 7) is 9.35. The molecule has 5 aromatic rings. The van der Waals surface area contributed by atoms with Crippen molar-refractivity contribution in [3.63, 3.8) is 0 Å². The van der Waals surface area contributed by atoms with Gasteiger partial charge in [-0.1, -0.05) is 48.9 Å². The lowest BCUT2D eigenvalue weighted by atomic mass is 9.91. The normalized spacial score (nSPS) is 18.5. The number of rotatable bonds is 9. The van der Waals surface area contributed by atoms with Crippen LogP contribution in [0.4, 0.5) is 13.2 Å². The maximum absolute atomic E-state index is 14.5. The zero-order valence-electron chi connectivity index (χ0n) is 31.1. The van der Waals surface area contributed by atoms with Gasteiger partial charge in [0.15, 0.2) is 5.58 Å². The Bertz CT molecular complexity index is 2250. The molecular weight excluding hydrogens is 690 g/mol. The van der Waals surface area contributed by atoms with Crippen LogP contribution >= 0.6 is 0 Å². The second-order valence-corrected chi connectivity index (χ2v) is 14.7. The molecule has 4 aromatic carbocycles. The number of benzene rings is 4. The van der Waals surface area contributed by atoms with E-state index in [4.69, 9.17) is 14.1 Å². The van der Waals surface area contributed by atoms with Crippen LogP contribution in [0.3, 0.4) is 0 Å². The van der Waals surface area contributed by atoms with Crippen LogP contribution < -0.4 is 4.74 Å². The molecule has 2 atom stereocenters. The molecule has 2 saturated heterocycles. The van der Waals surface area contributed by atoms with Crippen LogP contribution in [0.15, 0.2) is 65.1 Å². The van der Waals surface area contributed by atoms with Crippen LogP contribution in [0.25, 0.3) is 45.8 Å². The van der Waals surface area contributed by atoms with Crippen molar-refractivity contribution in [2.75, 3.05) is 26.7 Å². The largest absolute Gasteiger partial charge is 0.496 e. The summed E-state index contributed by atoms with van der Waals surface area (Å²) < 4.78 is 55.5. The van der Waals surface area contributed by atoms with Gasteiger partial charge in [0.2, 0.25) is 5.89 Å². The van der Waals surface area contributed by atoms with Gasteiger partial charge in [-0.3, -0.25) is 9.80 Å². The van der Waals surface area contributed by atoms with Crippen LogP contribution in [-0.2, 0) is 19.3 Å². The van der Waals surface area contributed by atoms with Gasteiger partial charge >= 0.3 is 6.18 Å². The van der Waals surface area contributed by atoms with E-state index in [-0.39, 0.29) is 11.7 Å². The lowest BCUT2D eigenvalue weighted by Gasteiger charge is -2.33. The third-order valence-corrected chi connectivity index (χ3v) is 11.1. The molecule has 7 rings (SSSR count). The Morgan fingerprint density at radius 3 is 2.39 bits per heavy atom. The summed E-state index contributed by atoms with van der Waals surface area (Å²) in [5.74, 6) is 0.845. The molecule has 2 aliphatic rings. The molecule has 0 aliphatic carbocycles. The van der Waals surface area contributed by atoms with Crippen molar-refractivity contribution in [3.8, 4) is 34.4 Å². The maximum Gasteiger partial charge on any atom is 0.417 e. The molecular formula is C44H45F3N4O3. The average Bonchev–Trinajstić information content (AvgIpc) is 3.77. The van der Waals surface area contributed by atoms with Crippen molar-refractivity contribution >= 4 is 23.3 Å². The fourth-order valence-electron chi connectivity index (χ4n) is 8.01. The van der Waals surface area contributed by atoms with Crippen molar-refractivity contribution in [3.05, 3.63) is 105 Å². The first-order valence-electron chi connectivity index (χ1n) is 18.6. The number of hydrogen-bond acceptors (Lipinski definition) is 7. The highest BCUT2D eigenvalue weighted by atomic mass is 19.4. The Hall–Kier alpha value is -4.95. The molecule has 10 heteroatoms. The van der Waals surface area contributed by atoms with Crippen molar-refractivity contribution in [1.82, 2.24) is 14.8 Å². The summed E-state index contributed by atoms with van der Waals surface area (Å²) in [5.41, 5.74) is 7.51. The van der Waals surface area contributed by atoms with E-state index in [0.717, 1.165) is 77.7 Å². The van der Waals surface area contributed by atoms with Crippen LogP contribution in [0.5, 0.6) is 5.75 Å². The Morgan fingerprint density at radius 1 is 0.944 bits per heavy atom. The number of ether oxygens (including phenoxy) is 1. The molecule has 7 nitrogen and oxygen atoms in total. The van der Waals surface area contributed by atoms with Crippen LogP contribution in [0, 0.1) is 25.2 Å². The molecule has 0 amide bonds. The number of β-amino-alcohol motifs (C(OH)–C–C–N with tert-alkyl or cyclic N) is 1. The average molecular weight is 735 g/mol. The number of fused-ring (bicyclic) bond motifs is 1. The summed E-state index contributed by atoms with van der Waals surface area (Å²) >= 11 is 0. The number of halogens is 3. The lowest BCUT2D eigenvalue weighted by molar-refractivity contribution is -0.137. The predicted octanol–water partition coefficient (Wildman–Crippen LogP) is 9.79. The molecule has 280 valence electrons. The van der Waals surface area contributed by atoms with Crippen molar-refractivity contribution in [2.24, 2.45) is 0 Å². The van der Waals surface area contributed by atoms with Crippen molar-refractivity contribution < 1.29 is 27.4 Å². The third kappa shape index (κ3) is 7.67. The number of aromatic nitrogens is 1. The fraction of sp³-hybridized carbons (Fsp3) is 0.364. The molecule has 3 heterocycles. The maximum atomic E-state index is 14.5. The summed E-state index contributed by atoms with van der Waals surface area (Å²) in [5, 5.41) is 19.9. The first kappa shape index (κ1) is 37.4. The highest BCUT2D eigenvalue weighted by Gasteiger charge is 2.34. The summed E-state index contributed by atoms with van der Waals surface area (Å²) in [6, 6.07) is 20.8.